The Morgan fingerprint density at radius 3 is 1.48 bits per heavy atom. The average Bonchev–Trinajstić information content (AvgIpc) is 2.75. The summed E-state index contributed by atoms with van der Waals surface area (Å²) >= 11 is 0. The van der Waals surface area contributed by atoms with Crippen molar-refractivity contribution in [2.75, 3.05) is 6.54 Å². The van der Waals surface area contributed by atoms with Gasteiger partial charge in [0, 0.05) is 6.42 Å². The Labute approximate surface area is 179 Å². The Kier molecular flexibility index (Phi) is 17.7. The zero-order valence-electron chi connectivity index (χ0n) is 18.7. The van der Waals surface area contributed by atoms with Gasteiger partial charge in [-0.2, -0.15) is 0 Å². The van der Waals surface area contributed by atoms with Gasteiger partial charge in [-0.3, -0.25) is 4.79 Å². The van der Waals surface area contributed by atoms with E-state index in [4.69, 9.17) is 10.5 Å². The average molecular weight is 404 g/mol. The standard InChI is InChI=1S/C26H45NO2/c27-23-19-14-12-10-8-6-4-2-1-3-5-7-9-11-13-18-22-26(28)29-24-25-20-16-15-17-21-25/h15-17,20-21H,1-14,18-19,22-24,27H2. The largest absolute Gasteiger partial charge is 0.461 e. The molecule has 3 nitrogen and oxygen atoms in total. The highest BCUT2D eigenvalue weighted by Crippen LogP contribution is 2.14. The number of carbonyl (C=O) groups is 1. The second kappa shape index (κ2) is 19.9. The fourth-order valence-electron chi connectivity index (χ4n) is 3.70. The van der Waals surface area contributed by atoms with Crippen LogP contribution in [0, 0.1) is 0 Å². The zero-order valence-corrected chi connectivity index (χ0v) is 18.7. The van der Waals surface area contributed by atoms with E-state index < -0.39 is 0 Å². The molecule has 0 saturated heterocycles. The lowest BCUT2D eigenvalue weighted by molar-refractivity contribution is -0.145. The van der Waals surface area contributed by atoms with Crippen LogP contribution in [0.25, 0.3) is 0 Å². The van der Waals surface area contributed by atoms with Crippen LogP contribution in [0.1, 0.15) is 115 Å². The summed E-state index contributed by atoms with van der Waals surface area (Å²) in [6.07, 6.45) is 21.6. The van der Waals surface area contributed by atoms with Gasteiger partial charge in [0.2, 0.25) is 0 Å². The van der Waals surface area contributed by atoms with E-state index in [1.807, 2.05) is 30.3 Å². The second-order valence-corrected chi connectivity index (χ2v) is 8.34. The van der Waals surface area contributed by atoms with Crippen LogP contribution in [0.2, 0.25) is 0 Å². The molecule has 0 atom stereocenters. The van der Waals surface area contributed by atoms with Gasteiger partial charge in [-0.25, -0.2) is 0 Å². The normalized spacial score (nSPS) is 10.9. The van der Waals surface area contributed by atoms with Crippen molar-refractivity contribution in [1.29, 1.82) is 0 Å². The van der Waals surface area contributed by atoms with E-state index >= 15 is 0 Å². The fraction of sp³-hybridized carbons (Fsp3) is 0.731. The predicted octanol–water partition coefficient (Wildman–Crippen LogP) is 7.32. The van der Waals surface area contributed by atoms with Crippen LogP contribution in [0.5, 0.6) is 0 Å². The third kappa shape index (κ3) is 17.2. The molecule has 0 spiro atoms. The minimum Gasteiger partial charge on any atom is -0.461 e. The molecule has 0 aromatic heterocycles. The quantitative estimate of drug-likeness (QED) is 0.183. The van der Waals surface area contributed by atoms with Crippen LogP contribution in [-0.4, -0.2) is 12.5 Å². The van der Waals surface area contributed by atoms with Crippen molar-refractivity contribution in [2.45, 2.75) is 116 Å². The van der Waals surface area contributed by atoms with Gasteiger partial charge in [0.05, 0.1) is 0 Å². The predicted molar refractivity (Wildman–Crippen MR) is 124 cm³/mol. The van der Waals surface area contributed by atoms with Gasteiger partial charge in [-0.15, -0.1) is 0 Å². The number of rotatable bonds is 20. The molecule has 29 heavy (non-hydrogen) atoms. The molecule has 0 amide bonds. The molecule has 0 aliphatic carbocycles. The van der Waals surface area contributed by atoms with Crippen molar-refractivity contribution in [3.63, 3.8) is 0 Å². The Hall–Kier alpha value is -1.35. The highest BCUT2D eigenvalue weighted by Gasteiger charge is 2.03. The molecule has 0 radical (unpaired) electrons. The highest BCUT2D eigenvalue weighted by atomic mass is 16.5. The molecule has 1 aromatic carbocycles. The number of carbonyl (C=O) groups excluding carboxylic acids is 1. The van der Waals surface area contributed by atoms with Gasteiger partial charge in [-0.1, -0.05) is 120 Å². The number of ether oxygens (including phenoxy) is 1. The van der Waals surface area contributed by atoms with Crippen molar-refractivity contribution >= 4 is 5.97 Å². The molecule has 3 heteroatoms. The van der Waals surface area contributed by atoms with Gasteiger partial charge < -0.3 is 10.5 Å². The third-order valence-electron chi connectivity index (χ3n) is 5.58. The van der Waals surface area contributed by atoms with Crippen LogP contribution in [0.4, 0.5) is 0 Å². The number of esters is 1. The van der Waals surface area contributed by atoms with Gasteiger partial charge in [0.15, 0.2) is 0 Å². The Balaban J connectivity index is 1.74. The van der Waals surface area contributed by atoms with Crippen molar-refractivity contribution < 1.29 is 9.53 Å². The molecule has 0 fully saturated rings. The van der Waals surface area contributed by atoms with Crippen molar-refractivity contribution in [3.05, 3.63) is 35.9 Å². The third-order valence-corrected chi connectivity index (χ3v) is 5.58. The van der Waals surface area contributed by atoms with Crippen LogP contribution < -0.4 is 5.73 Å². The number of nitrogens with two attached hydrogens (primary N) is 1. The summed E-state index contributed by atoms with van der Waals surface area (Å²) in [6.45, 7) is 1.25. The zero-order chi connectivity index (χ0) is 20.8. The first kappa shape index (κ1) is 25.7. The molecule has 166 valence electrons. The summed E-state index contributed by atoms with van der Waals surface area (Å²) in [6, 6.07) is 9.88. The second-order valence-electron chi connectivity index (χ2n) is 8.34. The highest BCUT2D eigenvalue weighted by molar-refractivity contribution is 5.69. The number of benzene rings is 1. The van der Waals surface area contributed by atoms with Crippen LogP contribution in [0.15, 0.2) is 30.3 Å². The molecule has 0 aliphatic heterocycles. The summed E-state index contributed by atoms with van der Waals surface area (Å²) in [7, 11) is 0. The van der Waals surface area contributed by atoms with Gasteiger partial charge in [-0.05, 0) is 24.9 Å². The van der Waals surface area contributed by atoms with Crippen LogP contribution >= 0.6 is 0 Å². The molecule has 0 bridgehead atoms. The summed E-state index contributed by atoms with van der Waals surface area (Å²) < 4.78 is 5.31. The molecule has 0 unspecified atom stereocenters. The summed E-state index contributed by atoms with van der Waals surface area (Å²) in [5.74, 6) is -0.0654. The number of hydrogen-bond donors (Lipinski definition) is 1. The first-order valence-electron chi connectivity index (χ1n) is 12.2. The van der Waals surface area contributed by atoms with E-state index in [0.717, 1.165) is 24.9 Å². The molecule has 1 rings (SSSR count). The first-order chi connectivity index (χ1) is 14.3. The van der Waals surface area contributed by atoms with E-state index in [1.165, 1.54) is 89.9 Å². The summed E-state index contributed by atoms with van der Waals surface area (Å²) in [4.78, 5) is 11.7. The summed E-state index contributed by atoms with van der Waals surface area (Å²) in [5.41, 5.74) is 6.56. The molecular formula is C26H45NO2. The maximum Gasteiger partial charge on any atom is 0.306 e. The lowest BCUT2D eigenvalue weighted by Gasteiger charge is -2.05. The first-order valence-corrected chi connectivity index (χ1v) is 12.2. The topological polar surface area (TPSA) is 52.3 Å². The molecular weight excluding hydrogens is 358 g/mol. The van der Waals surface area contributed by atoms with Gasteiger partial charge in [0.1, 0.15) is 6.61 Å². The maximum atomic E-state index is 11.7. The fourth-order valence-corrected chi connectivity index (χ4v) is 3.70. The smallest absolute Gasteiger partial charge is 0.306 e. The van der Waals surface area contributed by atoms with Gasteiger partial charge >= 0.3 is 5.97 Å². The van der Waals surface area contributed by atoms with Crippen molar-refractivity contribution in [2.24, 2.45) is 5.73 Å². The lowest BCUT2D eigenvalue weighted by atomic mass is 10.0. The minimum absolute atomic E-state index is 0.0654. The van der Waals surface area contributed by atoms with Crippen LogP contribution in [-0.2, 0) is 16.1 Å². The molecule has 0 aliphatic rings. The van der Waals surface area contributed by atoms with Crippen molar-refractivity contribution in [3.8, 4) is 0 Å². The molecule has 2 N–H and O–H groups in total. The van der Waals surface area contributed by atoms with Crippen LogP contribution in [0.3, 0.4) is 0 Å². The Morgan fingerprint density at radius 1 is 0.621 bits per heavy atom. The molecule has 0 heterocycles. The van der Waals surface area contributed by atoms with E-state index in [9.17, 15) is 4.79 Å². The van der Waals surface area contributed by atoms with E-state index in [0.29, 0.717) is 13.0 Å². The van der Waals surface area contributed by atoms with E-state index in [1.54, 1.807) is 0 Å². The molecule has 0 saturated carbocycles. The van der Waals surface area contributed by atoms with Crippen molar-refractivity contribution in [1.82, 2.24) is 0 Å². The molecule has 1 aromatic rings. The Morgan fingerprint density at radius 2 is 1.03 bits per heavy atom. The SMILES string of the molecule is NCCCCCCCCCCCCCCCCCCC(=O)OCc1ccccc1. The Bertz CT molecular complexity index is 475. The van der Waals surface area contributed by atoms with E-state index in [-0.39, 0.29) is 5.97 Å². The van der Waals surface area contributed by atoms with Gasteiger partial charge in [0.25, 0.3) is 0 Å². The summed E-state index contributed by atoms with van der Waals surface area (Å²) in [5, 5.41) is 0. The number of unbranched alkanes of at least 4 members (excludes halogenated alkanes) is 15. The maximum absolute atomic E-state index is 11.7. The number of hydrogen-bond acceptors (Lipinski definition) is 3. The lowest BCUT2D eigenvalue weighted by Crippen LogP contribution is -2.04. The van der Waals surface area contributed by atoms with E-state index in [2.05, 4.69) is 0 Å². The minimum atomic E-state index is -0.0654. The monoisotopic (exact) mass is 403 g/mol.